The summed E-state index contributed by atoms with van der Waals surface area (Å²) in [6.45, 7) is 1.51. The fraction of sp³-hybridized carbons (Fsp3) is 0.421. The molecule has 178 valence electrons. The molecule has 2 heterocycles. The fourth-order valence-electron chi connectivity index (χ4n) is 4.11. The maximum Gasteiger partial charge on any atom is 0.266 e. The Labute approximate surface area is 196 Å². The van der Waals surface area contributed by atoms with Gasteiger partial charge in [0.2, 0.25) is 5.13 Å². The van der Waals surface area contributed by atoms with Crippen LogP contribution in [0.2, 0.25) is 5.02 Å². The number of hydrogen-bond donors (Lipinski definition) is 1. The lowest BCUT2D eigenvalue weighted by atomic mass is 9.73. The van der Waals surface area contributed by atoms with Gasteiger partial charge in [0.1, 0.15) is 27.6 Å². The van der Waals surface area contributed by atoms with E-state index in [1.807, 2.05) is 0 Å². The third-order valence-corrected chi connectivity index (χ3v) is 7.95. The SMILES string of the molecule is Cn1nccc1[C@H]1CCC(F)(F)C[C@]1(C)Oc1cc(F)c(S(=O)(=O)Nc2nncs2)cc1Cl. The van der Waals surface area contributed by atoms with E-state index in [1.54, 1.807) is 24.0 Å². The smallest absolute Gasteiger partial charge is 0.266 e. The molecule has 0 spiro atoms. The first-order valence-electron chi connectivity index (χ1n) is 9.73. The van der Waals surface area contributed by atoms with Crippen molar-refractivity contribution in [2.75, 3.05) is 4.72 Å². The van der Waals surface area contributed by atoms with E-state index in [-0.39, 0.29) is 28.7 Å². The summed E-state index contributed by atoms with van der Waals surface area (Å²) in [7, 11) is -2.67. The van der Waals surface area contributed by atoms with Crippen molar-refractivity contribution in [3.8, 4) is 5.75 Å². The monoisotopic (exact) mass is 521 g/mol. The van der Waals surface area contributed by atoms with Crippen LogP contribution in [0, 0.1) is 5.82 Å². The van der Waals surface area contributed by atoms with Crippen molar-refractivity contribution in [2.45, 2.75) is 48.5 Å². The lowest BCUT2D eigenvalue weighted by Crippen LogP contribution is -2.49. The molecule has 1 saturated carbocycles. The molecule has 4 rings (SSSR count). The van der Waals surface area contributed by atoms with Crippen LogP contribution in [0.15, 0.2) is 34.8 Å². The molecule has 0 unspecified atom stereocenters. The Bertz CT molecular complexity index is 1270. The number of rotatable bonds is 6. The van der Waals surface area contributed by atoms with Gasteiger partial charge in [0.15, 0.2) is 0 Å². The van der Waals surface area contributed by atoms with Crippen molar-refractivity contribution in [3.63, 3.8) is 0 Å². The molecule has 0 amide bonds. The van der Waals surface area contributed by atoms with E-state index < -0.39 is 44.6 Å². The van der Waals surface area contributed by atoms with Gasteiger partial charge >= 0.3 is 0 Å². The molecule has 3 aromatic rings. The number of halogens is 4. The van der Waals surface area contributed by atoms with Gasteiger partial charge in [-0.2, -0.15) is 5.10 Å². The van der Waals surface area contributed by atoms with Crippen molar-refractivity contribution >= 4 is 38.1 Å². The largest absolute Gasteiger partial charge is 0.485 e. The molecule has 1 fully saturated rings. The van der Waals surface area contributed by atoms with Crippen molar-refractivity contribution < 1.29 is 26.3 Å². The number of ether oxygens (including phenoxy) is 1. The van der Waals surface area contributed by atoms with E-state index in [4.69, 9.17) is 16.3 Å². The lowest BCUT2D eigenvalue weighted by molar-refractivity contribution is -0.117. The third-order valence-electron chi connectivity index (χ3n) is 5.56. The van der Waals surface area contributed by atoms with Gasteiger partial charge < -0.3 is 4.74 Å². The Morgan fingerprint density at radius 2 is 2.12 bits per heavy atom. The van der Waals surface area contributed by atoms with Crippen molar-refractivity contribution in [1.82, 2.24) is 20.0 Å². The first kappa shape index (κ1) is 23.8. The summed E-state index contributed by atoms with van der Waals surface area (Å²) in [4.78, 5) is -0.739. The summed E-state index contributed by atoms with van der Waals surface area (Å²) in [5.74, 6) is -4.87. The van der Waals surface area contributed by atoms with Crippen LogP contribution in [0.5, 0.6) is 5.75 Å². The van der Waals surface area contributed by atoms with Crippen LogP contribution in [0.25, 0.3) is 0 Å². The first-order valence-corrected chi connectivity index (χ1v) is 12.5. The van der Waals surface area contributed by atoms with Crippen LogP contribution in [0.4, 0.5) is 18.3 Å². The molecule has 14 heteroatoms. The first-order chi connectivity index (χ1) is 15.4. The second-order valence-electron chi connectivity index (χ2n) is 7.98. The number of benzene rings is 1. The minimum absolute atomic E-state index is 0.0539. The summed E-state index contributed by atoms with van der Waals surface area (Å²) in [5, 5.41) is 10.9. The Hall–Kier alpha value is -2.38. The predicted octanol–water partition coefficient (Wildman–Crippen LogP) is 4.61. The predicted molar refractivity (Wildman–Crippen MR) is 116 cm³/mol. The maximum atomic E-state index is 14.9. The van der Waals surface area contributed by atoms with E-state index in [0.717, 1.165) is 23.5 Å². The average molecular weight is 522 g/mol. The minimum atomic E-state index is -4.36. The normalized spacial score (nSPS) is 22.8. The van der Waals surface area contributed by atoms with E-state index in [0.29, 0.717) is 5.69 Å². The zero-order valence-corrected chi connectivity index (χ0v) is 19.8. The molecule has 1 aromatic carbocycles. The van der Waals surface area contributed by atoms with Gasteiger partial charge in [-0.15, -0.1) is 10.2 Å². The number of nitrogens with zero attached hydrogens (tertiary/aromatic N) is 4. The number of aromatic nitrogens is 4. The number of hydrogen-bond acceptors (Lipinski definition) is 7. The molecular weight excluding hydrogens is 503 g/mol. The quantitative estimate of drug-likeness (QED) is 0.509. The molecular formula is C19H19ClF3N5O3S2. The Balaban J connectivity index is 1.68. The van der Waals surface area contributed by atoms with Gasteiger partial charge in [-0.25, -0.2) is 21.6 Å². The molecule has 0 saturated heterocycles. The highest BCUT2D eigenvalue weighted by Crippen LogP contribution is 2.50. The zero-order valence-electron chi connectivity index (χ0n) is 17.4. The van der Waals surface area contributed by atoms with Crippen LogP contribution < -0.4 is 9.46 Å². The number of sulfonamides is 1. The van der Waals surface area contributed by atoms with Crippen LogP contribution in [0.1, 0.15) is 37.8 Å². The maximum absolute atomic E-state index is 14.9. The number of anilines is 1. The highest BCUT2D eigenvalue weighted by atomic mass is 35.5. The van der Waals surface area contributed by atoms with Gasteiger partial charge in [-0.05, 0) is 25.5 Å². The second-order valence-corrected chi connectivity index (χ2v) is 10.9. The number of aryl methyl sites for hydroxylation is 1. The van der Waals surface area contributed by atoms with Crippen LogP contribution in [-0.2, 0) is 17.1 Å². The zero-order chi connectivity index (χ0) is 24.0. The van der Waals surface area contributed by atoms with Crippen molar-refractivity contribution in [2.24, 2.45) is 7.05 Å². The highest BCUT2D eigenvalue weighted by molar-refractivity contribution is 7.93. The Kier molecular flexibility index (Phi) is 6.08. The van der Waals surface area contributed by atoms with Crippen LogP contribution >= 0.6 is 22.9 Å². The van der Waals surface area contributed by atoms with Gasteiger partial charge in [0.05, 0.1) is 11.4 Å². The second kappa shape index (κ2) is 8.44. The molecule has 1 aliphatic carbocycles. The van der Waals surface area contributed by atoms with E-state index in [1.165, 1.54) is 12.4 Å². The Morgan fingerprint density at radius 3 is 2.76 bits per heavy atom. The summed E-state index contributed by atoms with van der Waals surface area (Å²) in [6.07, 6.45) is 0.700. The average Bonchev–Trinajstić information content (AvgIpc) is 3.35. The summed E-state index contributed by atoms with van der Waals surface area (Å²) < 4.78 is 78.3. The van der Waals surface area contributed by atoms with E-state index in [2.05, 4.69) is 20.0 Å². The third kappa shape index (κ3) is 4.80. The molecule has 0 bridgehead atoms. The van der Waals surface area contributed by atoms with Crippen LogP contribution in [-0.4, -0.2) is 39.9 Å². The molecule has 1 N–H and O–H groups in total. The molecule has 2 aromatic heterocycles. The molecule has 0 aliphatic heterocycles. The van der Waals surface area contributed by atoms with E-state index in [9.17, 15) is 21.6 Å². The van der Waals surface area contributed by atoms with Crippen LogP contribution in [0.3, 0.4) is 0 Å². The van der Waals surface area contributed by atoms with Gasteiger partial charge in [0, 0.05) is 37.3 Å². The molecule has 33 heavy (non-hydrogen) atoms. The highest BCUT2D eigenvalue weighted by Gasteiger charge is 2.52. The Morgan fingerprint density at radius 1 is 1.36 bits per heavy atom. The molecule has 8 nitrogen and oxygen atoms in total. The summed E-state index contributed by atoms with van der Waals surface area (Å²) in [5.41, 5.74) is 0.527. The van der Waals surface area contributed by atoms with Gasteiger partial charge in [0.25, 0.3) is 15.9 Å². The minimum Gasteiger partial charge on any atom is -0.485 e. The van der Waals surface area contributed by atoms with Gasteiger partial charge in [-0.3, -0.25) is 9.40 Å². The van der Waals surface area contributed by atoms with Gasteiger partial charge in [-0.1, -0.05) is 22.9 Å². The van der Waals surface area contributed by atoms with Crippen molar-refractivity contribution in [3.05, 3.63) is 46.4 Å². The van der Waals surface area contributed by atoms with E-state index >= 15 is 0 Å². The number of nitrogens with one attached hydrogen (secondary N) is 1. The molecule has 1 aliphatic rings. The standard InChI is InChI=1S/C19H19ClF3N5O3S2/c1-18(9-19(22,23)5-3-11(18)14-4-6-25-28(14)2)31-15-8-13(21)16(7-12(15)20)33(29,30)27-17-26-24-10-32-17/h4,6-8,10-11H,3,5,9H2,1-2H3,(H,26,27)/t11-,18+/m1/s1. The topological polar surface area (TPSA) is 99.0 Å². The summed E-state index contributed by atoms with van der Waals surface area (Å²) >= 11 is 7.14. The molecule has 0 radical (unpaired) electrons. The molecule has 2 atom stereocenters. The fourth-order valence-corrected chi connectivity index (χ4v) is 6.16. The summed E-state index contributed by atoms with van der Waals surface area (Å²) in [6, 6.07) is 3.38. The number of alkyl halides is 2. The lowest BCUT2D eigenvalue weighted by Gasteiger charge is -2.44. The van der Waals surface area contributed by atoms with Crippen molar-refractivity contribution in [1.29, 1.82) is 0 Å².